The molecule has 2 heterocycles. The molecule has 3 rings (SSSR count). The van der Waals surface area contributed by atoms with Gasteiger partial charge in [-0.15, -0.1) is 5.10 Å². The van der Waals surface area contributed by atoms with E-state index in [4.69, 9.17) is 23.2 Å². The highest BCUT2D eigenvalue weighted by Gasteiger charge is 2.11. The minimum atomic E-state index is 0.529. The summed E-state index contributed by atoms with van der Waals surface area (Å²) in [6, 6.07) is 5.51. The van der Waals surface area contributed by atoms with Gasteiger partial charge in [-0.3, -0.25) is 0 Å². The van der Waals surface area contributed by atoms with Crippen LogP contribution >= 0.6 is 35.0 Å². The Morgan fingerprint density at radius 1 is 1.08 bits per heavy atom. The molecule has 0 aliphatic carbocycles. The van der Waals surface area contributed by atoms with Crippen LogP contribution < -0.4 is 0 Å². The van der Waals surface area contributed by atoms with Crippen LogP contribution in [0.1, 0.15) is 37.9 Å². The summed E-state index contributed by atoms with van der Waals surface area (Å²) in [5.41, 5.74) is 0.886. The molecule has 1 aromatic carbocycles. The summed E-state index contributed by atoms with van der Waals surface area (Å²) in [5.74, 6) is 1.91. The highest BCUT2D eigenvalue weighted by molar-refractivity contribution is 7.99. The SMILES string of the molecule is Cc1nc(SCCCCN2CCCCC2)nn1-c1ccc(Cl)c(Cl)c1. The number of unbranched alkanes of at least 4 members (excludes halogenated alkanes) is 1. The van der Waals surface area contributed by atoms with Gasteiger partial charge in [0.1, 0.15) is 5.82 Å². The van der Waals surface area contributed by atoms with E-state index in [1.165, 1.54) is 51.7 Å². The number of rotatable bonds is 7. The molecule has 0 saturated carbocycles. The molecule has 0 spiro atoms. The van der Waals surface area contributed by atoms with Gasteiger partial charge in [-0.2, -0.15) is 0 Å². The van der Waals surface area contributed by atoms with Crippen LogP contribution in [0.4, 0.5) is 0 Å². The zero-order valence-electron chi connectivity index (χ0n) is 14.5. The molecule has 136 valence electrons. The number of benzene rings is 1. The molecular formula is C18H24Cl2N4S. The van der Waals surface area contributed by atoms with Crippen molar-refractivity contribution in [3.63, 3.8) is 0 Å². The van der Waals surface area contributed by atoms with Crippen LogP contribution in [0.3, 0.4) is 0 Å². The van der Waals surface area contributed by atoms with Gasteiger partial charge in [-0.25, -0.2) is 9.67 Å². The molecule has 0 bridgehead atoms. The summed E-state index contributed by atoms with van der Waals surface area (Å²) >= 11 is 13.8. The molecule has 1 aromatic heterocycles. The Kier molecular flexibility index (Phi) is 7.05. The number of piperidine rings is 1. The van der Waals surface area contributed by atoms with Gasteiger partial charge >= 0.3 is 0 Å². The Labute approximate surface area is 163 Å². The lowest BCUT2D eigenvalue weighted by molar-refractivity contribution is 0.226. The Bertz CT molecular complexity index is 698. The fraction of sp³-hybridized carbons (Fsp3) is 0.556. The highest BCUT2D eigenvalue weighted by Crippen LogP contribution is 2.25. The molecule has 0 amide bonds. The average Bonchev–Trinajstić information content (AvgIpc) is 2.99. The highest BCUT2D eigenvalue weighted by atomic mass is 35.5. The van der Waals surface area contributed by atoms with Crippen molar-refractivity contribution < 1.29 is 0 Å². The van der Waals surface area contributed by atoms with Gasteiger partial charge < -0.3 is 4.90 Å². The fourth-order valence-electron chi connectivity index (χ4n) is 3.07. The monoisotopic (exact) mass is 398 g/mol. The maximum absolute atomic E-state index is 6.10. The second-order valence-corrected chi connectivity index (χ2v) is 8.29. The standard InChI is InChI=1S/C18H24Cl2N4S/c1-14-21-18(22-24(14)15-7-8-16(19)17(20)13-15)25-12-6-5-11-23-9-3-2-4-10-23/h7-8,13H,2-6,9-12H2,1H3. The summed E-state index contributed by atoms with van der Waals surface area (Å²) in [5, 5.41) is 6.49. The van der Waals surface area contributed by atoms with Gasteiger partial charge in [0, 0.05) is 5.75 Å². The normalized spacial score (nSPS) is 15.6. The minimum absolute atomic E-state index is 0.529. The molecule has 25 heavy (non-hydrogen) atoms. The largest absolute Gasteiger partial charge is 0.303 e. The van der Waals surface area contributed by atoms with Gasteiger partial charge in [-0.05, 0) is 70.4 Å². The molecule has 7 heteroatoms. The Hall–Kier alpha value is -0.750. The Morgan fingerprint density at radius 2 is 1.88 bits per heavy atom. The number of hydrogen-bond acceptors (Lipinski definition) is 4. The number of halogens is 2. The number of hydrogen-bond donors (Lipinski definition) is 0. The zero-order valence-corrected chi connectivity index (χ0v) is 16.9. The topological polar surface area (TPSA) is 34.0 Å². The van der Waals surface area contributed by atoms with Crippen LogP contribution in [0.15, 0.2) is 23.4 Å². The second-order valence-electron chi connectivity index (χ2n) is 6.41. The van der Waals surface area contributed by atoms with E-state index in [2.05, 4.69) is 15.0 Å². The second kappa shape index (κ2) is 9.26. The first-order chi connectivity index (χ1) is 12.1. The quantitative estimate of drug-likeness (QED) is 0.471. The Balaban J connectivity index is 1.48. The predicted octanol–water partition coefficient (Wildman–Crippen LogP) is 5.24. The van der Waals surface area contributed by atoms with E-state index in [1.807, 2.05) is 23.7 Å². The minimum Gasteiger partial charge on any atom is -0.303 e. The predicted molar refractivity (Wildman–Crippen MR) is 106 cm³/mol. The van der Waals surface area contributed by atoms with E-state index in [0.29, 0.717) is 10.0 Å². The molecule has 0 atom stereocenters. The zero-order chi connectivity index (χ0) is 17.6. The maximum atomic E-state index is 6.10. The summed E-state index contributed by atoms with van der Waals surface area (Å²) in [6.45, 7) is 5.74. The van der Waals surface area contributed by atoms with Crippen LogP contribution in [-0.2, 0) is 0 Å². The maximum Gasteiger partial charge on any atom is 0.209 e. The molecule has 2 aromatic rings. The number of likely N-dealkylation sites (tertiary alicyclic amines) is 1. The summed E-state index contributed by atoms with van der Waals surface area (Å²) in [4.78, 5) is 7.15. The third-order valence-corrected chi connectivity index (χ3v) is 6.11. The molecular weight excluding hydrogens is 375 g/mol. The molecule has 1 fully saturated rings. The first-order valence-electron chi connectivity index (χ1n) is 8.88. The molecule has 1 saturated heterocycles. The third kappa shape index (κ3) is 5.36. The van der Waals surface area contributed by atoms with Crippen LogP contribution in [0, 0.1) is 6.92 Å². The van der Waals surface area contributed by atoms with Crippen LogP contribution in [-0.4, -0.2) is 45.1 Å². The summed E-state index contributed by atoms with van der Waals surface area (Å²) < 4.78 is 1.82. The number of thioether (sulfide) groups is 1. The van der Waals surface area contributed by atoms with Gasteiger partial charge in [0.2, 0.25) is 5.16 Å². The van der Waals surface area contributed by atoms with Gasteiger partial charge in [0.25, 0.3) is 0 Å². The van der Waals surface area contributed by atoms with Crippen LogP contribution in [0.5, 0.6) is 0 Å². The van der Waals surface area contributed by atoms with E-state index in [-0.39, 0.29) is 0 Å². The average molecular weight is 399 g/mol. The van der Waals surface area contributed by atoms with Crippen LogP contribution in [0.25, 0.3) is 5.69 Å². The first-order valence-corrected chi connectivity index (χ1v) is 10.6. The van der Waals surface area contributed by atoms with E-state index in [9.17, 15) is 0 Å². The summed E-state index contributed by atoms with van der Waals surface area (Å²) in [7, 11) is 0. The molecule has 0 N–H and O–H groups in total. The van der Waals surface area contributed by atoms with Crippen molar-refractivity contribution in [1.29, 1.82) is 0 Å². The molecule has 0 unspecified atom stereocenters. The van der Waals surface area contributed by atoms with E-state index < -0.39 is 0 Å². The van der Waals surface area contributed by atoms with E-state index in [1.54, 1.807) is 17.8 Å². The van der Waals surface area contributed by atoms with Crippen molar-refractivity contribution in [2.75, 3.05) is 25.4 Å². The lowest BCUT2D eigenvalue weighted by Crippen LogP contribution is -2.30. The molecule has 1 aliphatic heterocycles. The first kappa shape index (κ1) is 19.0. The van der Waals surface area contributed by atoms with Crippen molar-refractivity contribution >= 4 is 35.0 Å². The lowest BCUT2D eigenvalue weighted by atomic mass is 10.1. The smallest absolute Gasteiger partial charge is 0.209 e. The van der Waals surface area contributed by atoms with Gasteiger partial charge in [0.15, 0.2) is 0 Å². The van der Waals surface area contributed by atoms with Crippen molar-refractivity contribution in [3.05, 3.63) is 34.1 Å². The Morgan fingerprint density at radius 3 is 2.64 bits per heavy atom. The number of nitrogens with zero attached hydrogens (tertiary/aromatic N) is 4. The number of aromatic nitrogens is 3. The van der Waals surface area contributed by atoms with E-state index >= 15 is 0 Å². The molecule has 1 aliphatic rings. The summed E-state index contributed by atoms with van der Waals surface area (Å²) in [6.07, 6.45) is 6.58. The van der Waals surface area contributed by atoms with Crippen molar-refractivity contribution in [2.24, 2.45) is 0 Å². The molecule has 4 nitrogen and oxygen atoms in total. The van der Waals surface area contributed by atoms with Gasteiger partial charge in [0.05, 0.1) is 15.7 Å². The number of aryl methyl sites for hydroxylation is 1. The molecule has 0 radical (unpaired) electrons. The van der Waals surface area contributed by atoms with Crippen LogP contribution in [0.2, 0.25) is 10.0 Å². The lowest BCUT2D eigenvalue weighted by Gasteiger charge is -2.26. The third-order valence-electron chi connectivity index (χ3n) is 4.45. The van der Waals surface area contributed by atoms with E-state index in [0.717, 1.165) is 22.4 Å². The van der Waals surface area contributed by atoms with Gasteiger partial charge in [-0.1, -0.05) is 41.4 Å². The van der Waals surface area contributed by atoms with Crippen molar-refractivity contribution in [2.45, 2.75) is 44.2 Å². The fourth-order valence-corrected chi connectivity index (χ4v) is 4.23. The van der Waals surface area contributed by atoms with Crippen molar-refractivity contribution in [1.82, 2.24) is 19.7 Å². The van der Waals surface area contributed by atoms with Crippen molar-refractivity contribution in [3.8, 4) is 5.69 Å².